The molecule has 0 radical (unpaired) electrons. The summed E-state index contributed by atoms with van der Waals surface area (Å²) < 4.78 is 2.09. The van der Waals surface area contributed by atoms with Crippen molar-refractivity contribution in [1.82, 2.24) is 9.55 Å². The standard InChI is InChI=1S/C12H16N2O/c1-3-12-13-10-8-9(2)4-5-11(10)14(12)6-7-15/h4-5,8,15H,3,6-7H2,1-2H3. The molecule has 3 nitrogen and oxygen atoms in total. The minimum absolute atomic E-state index is 0.159. The van der Waals surface area contributed by atoms with Gasteiger partial charge in [0.15, 0.2) is 0 Å². The fraction of sp³-hybridized carbons (Fsp3) is 0.417. The number of aryl methyl sites for hydroxylation is 2. The van der Waals surface area contributed by atoms with Crippen LogP contribution in [0.4, 0.5) is 0 Å². The van der Waals surface area contributed by atoms with Gasteiger partial charge in [0.05, 0.1) is 17.6 Å². The van der Waals surface area contributed by atoms with Crippen LogP contribution in [0.2, 0.25) is 0 Å². The van der Waals surface area contributed by atoms with E-state index >= 15 is 0 Å². The fourth-order valence-corrected chi connectivity index (χ4v) is 1.91. The van der Waals surface area contributed by atoms with Crippen LogP contribution in [0.15, 0.2) is 18.2 Å². The monoisotopic (exact) mass is 204 g/mol. The van der Waals surface area contributed by atoms with Crippen molar-refractivity contribution < 1.29 is 5.11 Å². The van der Waals surface area contributed by atoms with Crippen LogP contribution >= 0.6 is 0 Å². The Bertz CT molecular complexity index is 474. The van der Waals surface area contributed by atoms with E-state index in [4.69, 9.17) is 5.11 Å². The van der Waals surface area contributed by atoms with E-state index < -0.39 is 0 Å². The number of imidazole rings is 1. The summed E-state index contributed by atoms with van der Waals surface area (Å²) in [6.45, 7) is 4.94. The molecule has 0 atom stereocenters. The zero-order valence-corrected chi connectivity index (χ0v) is 9.20. The van der Waals surface area contributed by atoms with Gasteiger partial charge in [-0.15, -0.1) is 0 Å². The molecule has 0 bridgehead atoms. The maximum atomic E-state index is 9.02. The summed E-state index contributed by atoms with van der Waals surface area (Å²) in [5.74, 6) is 1.05. The first kappa shape index (κ1) is 10.2. The van der Waals surface area contributed by atoms with Crippen molar-refractivity contribution in [2.24, 2.45) is 0 Å². The van der Waals surface area contributed by atoms with Crippen LogP contribution in [0, 0.1) is 6.92 Å². The number of aromatic nitrogens is 2. The second-order valence-corrected chi connectivity index (χ2v) is 3.75. The largest absolute Gasteiger partial charge is 0.395 e. The van der Waals surface area contributed by atoms with E-state index in [1.165, 1.54) is 5.56 Å². The zero-order chi connectivity index (χ0) is 10.8. The molecule has 0 spiro atoms. The molecule has 0 saturated heterocycles. The van der Waals surface area contributed by atoms with Crippen molar-refractivity contribution in [3.63, 3.8) is 0 Å². The maximum Gasteiger partial charge on any atom is 0.109 e. The predicted molar refractivity (Wildman–Crippen MR) is 60.9 cm³/mol. The quantitative estimate of drug-likeness (QED) is 0.829. The summed E-state index contributed by atoms with van der Waals surface area (Å²) in [7, 11) is 0. The van der Waals surface area contributed by atoms with Gasteiger partial charge >= 0.3 is 0 Å². The average Bonchev–Trinajstić information content (AvgIpc) is 2.56. The van der Waals surface area contributed by atoms with Gasteiger partial charge in [0.25, 0.3) is 0 Å². The molecular weight excluding hydrogens is 188 g/mol. The Balaban J connectivity index is 2.63. The summed E-state index contributed by atoms with van der Waals surface area (Å²) in [5.41, 5.74) is 3.37. The molecule has 3 heteroatoms. The van der Waals surface area contributed by atoms with Gasteiger partial charge in [-0.25, -0.2) is 4.98 Å². The lowest BCUT2D eigenvalue weighted by molar-refractivity contribution is 0.276. The van der Waals surface area contributed by atoms with E-state index in [9.17, 15) is 0 Å². The van der Waals surface area contributed by atoms with E-state index in [1.807, 2.05) is 0 Å². The SMILES string of the molecule is CCc1nc2cc(C)ccc2n1CCO. The van der Waals surface area contributed by atoms with Crippen molar-refractivity contribution in [3.05, 3.63) is 29.6 Å². The van der Waals surface area contributed by atoms with Crippen molar-refractivity contribution in [2.45, 2.75) is 26.8 Å². The maximum absolute atomic E-state index is 9.02. The lowest BCUT2D eigenvalue weighted by Gasteiger charge is -2.05. The Labute approximate surface area is 89.4 Å². The Kier molecular flexibility index (Phi) is 2.73. The highest BCUT2D eigenvalue weighted by Gasteiger charge is 2.08. The van der Waals surface area contributed by atoms with E-state index in [-0.39, 0.29) is 6.61 Å². The summed E-state index contributed by atoms with van der Waals surface area (Å²) in [5, 5.41) is 9.02. The Morgan fingerprint density at radius 3 is 2.87 bits per heavy atom. The molecule has 15 heavy (non-hydrogen) atoms. The van der Waals surface area contributed by atoms with E-state index in [2.05, 4.69) is 41.6 Å². The van der Waals surface area contributed by atoms with Gasteiger partial charge in [-0.2, -0.15) is 0 Å². The van der Waals surface area contributed by atoms with Gasteiger partial charge in [-0.1, -0.05) is 13.0 Å². The highest BCUT2D eigenvalue weighted by molar-refractivity contribution is 5.76. The van der Waals surface area contributed by atoms with Crippen LogP contribution in [0.25, 0.3) is 11.0 Å². The topological polar surface area (TPSA) is 38.0 Å². The molecule has 1 aromatic carbocycles. The highest BCUT2D eigenvalue weighted by Crippen LogP contribution is 2.17. The Hall–Kier alpha value is -1.35. The molecule has 1 N–H and O–H groups in total. The van der Waals surface area contributed by atoms with Crippen LogP contribution < -0.4 is 0 Å². The van der Waals surface area contributed by atoms with Crippen LogP contribution in [-0.2, 0) is 13.0 Å². The van der Waals surface area contributed by atoms with Gasteiger partial charge in [-0.3, -0.25) is 0 Å². The zero-order valence-electron chi connectivity index (χ0n) is 9.20. The number of aliphatic hydroxyl groups excluding tert-OH is 1. The molecule has 0 aliphatic heterocycles. The van der Waals surface area contributed by atoms with Crippen LogP contribution in [0.3, 0.4) is 0 Å². The lowest BCUT2D eigenvalue weighted by atomic mass is 10.2. The Morgan fingerprint density at radius 2 is 2.20 bits per heavy atom. The summed E-state index contributed by atoms with van der Waals surface area (Å²) >= 11 is 0. The minimum atomic E-state index is 0.159. The Morgan fingerprint density at radius 1 is 1.40 bits per heavy atom. The number of rotatable bonds is 3. The van der Waals surface area contributed by atoms with E-state index in [0.717, 1.165) is 23.3 Å². The average molecular weight is 204 g/mol. The van der Waals surface area contributed by atoms with Crippen molar-refractivity contribution in [3.8, 4) is 0 Å². The van der Waals surface area contributed by atoms with Gasteiger partial charge < -0.3 is 9.67 Å². The fourth-order valence-electron chi connectivity index (χ4n) is 1.91. The molecule has 2 aromatic rings. The van der Waals surface area contributed by atoms with Gasteiger partial charge in [0, 0.05) is 13.0 Å². The lowest BCUT2D eigenvalue weighted by Crippen LogP contribution is -2.05. The van der Waals surface area contributed by atoms with Gasteiger partial charge in [-0.05, 0) is 24.6 Å². The number of aliphatic hydroxyl groups is 1. The van der Waals surface area contributed by atoms with Crippen LogP contribution in [0.1, 0.15) is 18.3 Å². The third-order valence-electron chi connectivity index (χ3n) is 2.62. The minimum Gasteiger partial charge on any atom is -0.395 e. The normalized spacial score (nSPS) is 11.1. The van der Waals surface area contributed by atoms with Gasteiger partial charge in [0.2, 0.25) is 0 Å². The molecule has 0 fully saturated rings. The predicted octanol–water partition coefficient (Wildman–Crippen LogP) is 1.90. The molecule has 1 aromatic heterocycles. The number of benzene rings is 1. The van der Waals surface area contributed by atoms with E-state index in [0.29, 0.717) is 6.54 Å². The molecular formula is C12H16N2O. The molecule has 0 unspecified atom stereocenters. The molecule has 1 heterocycles. The highest BCUT2D eigenvalue weighted by atomic mass is 16.3. The number of nitrogens with zero attached hydrogens (tertiary/aromatic N) is 2. The van der Waals surface area contributed by atoms with Crippen molar-refractivity contribution in [1.29, 1.82) is 0 Å². The number of hydrogen-bond donors (Lipinski definition) is 1. The molecule has 0 aliphatic carbocycles. The summed E-state index contributed by atoms with van der Waals surface area (Å²) in [4.78, 5) is 4.56. The van der Waals surface area contributed by atoms with Crippen molar-refractivity contribution >= 4 is 11.0 Å². The van der Waals surface area contributed by atoms with Crippen molar-refractivity contribution in [2.75, 3.05) is 6.61 Å². The first-order chi connectivity index (χ1) is 7.26. The first-order valence-electron chi connectivity index (χ1n) is 5.33. The molecule has 80 valence electrons. The van der Waals surface area contributed by atoms with E-state index in [1.54, 1.807) is 0 Å². The molecule has 0 amide bonds. The molecule has 0 aliphatic rings. The first-order valence-corrected chi connectivity index (χ1v) is 5.33. The third-order valence-corrected chi connectivity index (χ3v) is 2.62. The summed E-state index contributed by atoms with van der Waals surface area (Å²) in [6.07, 6.45) is 0.897. The number of fused-ring (bicyclic) bond motifs is 1. The molecule has 2 rings (SSSR count). The smallest absolute Gasteiger partial charge is 0.109 e. The summed E-state index contributed by atoms with van der Waals surface area (Å²) in [6, 6.07) is 6.24. The third kappa shape index (κ3) is 1.75. The molecule has 0 saturated carbocycles. The van der Waals surface area contributed by atoms with Gasteiger partial charge in [0.1, 0.15) is 5.82 Å². The number of hydrogen-bond acceptors (Lipinski definition) is 2. The second kappa shape index (κ2) is 4.03. The van der Waals surface area contributed by atoms with Crippen LogP contribution in [-0.4, -0.2) is 21.3 Å². The second-order valence-electron chi connectivity index (χ2n) is 3.75. The van der Waals surface area contributed by atoms with Crippen LogP contribution in [0.5, 0.6) is 0 Å².